The first-order chi connectivity index (χ1) is 12.8. The number of ether oxygens (including phenoxy) is 1. The normalized spacial score (nSPS) is 12.1. The van der Waals surface area contributed by atoms with E-state index >= 15 is 0 Å². The van der Waals surface area contributed by atoms with E-state index < -0.39 is 29.1 Å². The van der Waals surface area contributed by atoms with Gasteiger partial charge in [0.05, 0.1) is 6.61 Å². The second kappa shape index (κ2) is 8.88. The van der Waals surface area contributed by atoms with Crippen LogP contribution in [0, 0.1) is 17.5 Å². The molecule has 2 aromatic carbocycles. The molecule has 0 radical (unpaired) electrons. The lowest BCUT2D eigenvalue weighted by Crippen LogP contribution is -2.09. The molecule has 2 rings (SSSR count). The molecule has 0 saturated heterocycles. The molecule has 2 aromatic rings. The zero-order valence-electron chi connectivity index (χ0n) is 14.4. The summed E-state index contributed by atoms with van der Waals surface area (Å²) in [7, 11) is 0. The molecule has 8 heteroatoms. The van der Waals surface area contributed by atoms with Gasteiger partial charge < -0.3 is 15.6 Å². The molecule has 0 saturated carbocycles. The Bertz CT molecular complexity index is 871. The molecule has 142 valence electrons. The average Bonchev–Trinajstić information content (AvgIpc) is 2.58. The smallest absolute Gasteiger partial charge is 0.302 e. The van der Waals surface area contributed by atoms with Crippen molar-refractivity contribution >= 4 is 23.3 Å². The van der Waals surface area contributed by atoms with Crippen LogP contribution in [0.25, 0.3) is 5.76 Å². The largest absolute Gasteiger partial charge is 0.507 e. The third-order valence-corrected chi connectivity index (χ3v) is 3.44. The quantitative estimate of drug-likeness (QED) is 0.347. The van der Waals surface area contributed by atoms with Crippen molar-refractivity contribution in [3.8, 4) is 0 Å². The molecule has 0 fully saturated rings. The predicted octanol–water partition coefficient (Wildman–Crippen LogP) is 3.80. The summed E-state index contributed by atoms with van der Waals surface area (Å²) in [5, 5.41) is 9.93. The number of rotatable bonds is 6. The highest BCUT2D eigenvalue weighted by atomic mass is 19.1. The van der Waals surface area contributed by atoms with E-state index in [0.717, 1.165) is 30.3 Å². The first-order valence-electron chi connectivity index (χ1n) is 7.88. The van der Waals surface area contributed by atoms with E-state index in [9.17, 15) is 23.1 Å². The minimum Gasteiger partial charge on any atom is -0.507 e. The van der Waals surface area contributed by atoms with Gasteiger partial charge in [-0.3, -0.25) is 4.79 Å². The summed E-state index contributed by atoms with van der Waals surface area (Å²) in [6.45, 7) is 1.23. The molecule has 0 aliphatic heterocycles. The molecule has 27 heavy (non-hydrogen) atoms. The summed E-state index contributed by atoms with van der Waals surface area (Å²) in [5.41, 5.74) is 5.54. The van der Waals surface area contributed by atoms with Crippen molar-refractivity contribution in [3.05, 3.63) is 71.1 Å². The van der Waals surface area contributed by atoms with Gasteiger partial charge >= 0.3 is 5.97 Å². The van der Waals surface area contributed by atoms with Crippen LogP contribution in [0.4, 0.5) is 18.9 Å². The Labute approximate surface area is 153 Å². The first-order valence-corrected chi connectivity index (χ1v) is 7.88. The van der Waals surface area contributed by atoms with Gasteiger partial charge in [0, 0.05) is 25.0 Å². The SMILES string of the molecule is CC(=O)OCCc1cc(F)c(N=C(N)/C=C(\O)c2ccc(F)cc2)c(F)c1. The summed E-state index contributed by atoms with van der Waals surface area (Å²) in [6.07, 6.45) is 1.14. The molecule has 5 nitrogen and oxygen atoms in total. The van der Waals surface area contributed by atoms with Gasteiger partial charge in [0.2, 0.25) is 0 Å². The number of aliphatic hydroxyl groups is 1. The van der Waals surface area contributed by atoms with Crippen LogP contribution in [-0.4, -0.2) is 23.5 Å². The second-order valence-corrected chi connectivity index (χ2v) is 5.57. The molecular weight excluding hydrogens is 361 g/mol. The number of carbonyl (C=O) groups excluding carboxylic acids is 1. The Morgan fingerprint density at radius 3 is 2.33 bits per heavy atom. The van der Waals surface area contributed by atoms with Gasteiger partial charge in [0.25, 0.3) is 0 Å². The van der Waals surface area contributed by atoms with E-state index in [-0.39, 0.29) is 35.7 Å². The van der Waals surface area contributed by atoms with Crippen LogP contribution in [0.2, 0.25) is 0 Å². The number of hydrogen-bond acceptors (Lipinski definition) is 4. The summed E-state index contributed by atoms with van der Waals surface area (Å²) < 4.78 is 45.9. The van der Waals surface area contributed by atoms with Crippen LogP contribution in [0.5, 0.6) is 0 Å². The summed E-state index contributed by atoms with van der Waals surface area (Å²) in [6, 6.07) is 7.02. The highest BCUT2D eigenvalue weighted by Gasteiger charge is 2.12. The lowest BCUT2D eigenvalue weighted by molar-refractivity contribution is -0.140. The number of esters is 1. The molecule has 3 N–H and O–H groups in total. The number of aliphatic imine (C=N–C) groups is 1. The van der Waals surface area contributed by atoms with E-state index in [1.54, 1.807) is 0 Å². The molecule has 0 aromatic heterocycles. The number of nitrogens with two attached hydrogens (primary N) is 1. The molecule has 0 atom stereocenters. The Balaban J connectivity index is 2.20. The van der Waals surface area contributed by atoms with Gasteiger partial charge in [-0.1, -0.05) is 0 Å². The number of aliphatic hydroxyl groups excluding tert-OH is 1. The maximum atomic E-state index is 14.1. The number of nitrogens with zero attached hydrogens (tertiary/aromatic N) is 1. The van der Waals surface area contributed by atoms with Gasteiger partial charge in [0.1, 0.15) is 23.1 Å². The van der Waals surface area contributed by atoms with Crippen LogP contribution < -0.4 is 5.73 Å². The third kappa shape index (κ3) is 5.88. The Kier molecular flexibility index (Phi) is 6.59. The molecule has 0 unspecified atom stereocenters. The zero-order valence-corrected chi connectivity index (χ0v) is 14.4. The standard InChI is InChI=1S/C19H17F3N2O3/c1-11(25)27-7-6-12-8-15(21)19(16(22)9-12)24-18(23)10-17(26)13-2-4-14(20)5-3-13/h2-5,8-10,26H,6-7H2,1H3,(H2,23,24)/b17-10-. The number of hydrogen-bond donors (Lipinski definition) is 2. The number of amidine groups is 1. The van der Waals surface area contributed by atoms with Gasteiger partial charge in [0.15, 0.2) is 11.6 Å². The van der Waals surface area contributed by atoms with Crippen LogP contribution >= 0.6 is 0 Å². The minimum atomic E-state index is -0.953. The molecule has 0 aliphatic rings. The Morgan fingerprint density at radius 1 is 1.19 bits per heavy atom. The fourth-order valence-electron chi connectivity index (χ4n) is 2.19. The highest BCUT2D eigenvalue weighted by Crippen LogP contribution is 2.24. The van der Waals surface area contributed by atoms with Crippen molar-refractivity contribution < 1.29 is 27.8 Å². The van der Waals surface area contributed by atoms with E-state index in [0.29, 0.717) is 0 Å². The second-order valence-electron chi connectivity index (χ2n) is 5.57. The number of benzene rings is 2. The van der Waals surface area contributed by atoms with Gasteiger partial charge in [-0.05, 0) is 42.0 Å². The molecule has 0 aliphatic carbocycles. The molecule has 0 amide bonds. The molecule has 0 heterocycles. The topological polar surface area (TPSA) is 84.9 Å². The van der Waals surface area contributed by atoms with Crippen molar-refractivity contribution in [1.82, 2.24) is 0 Å². The first kappa shape index (κ1) is 20.0. The van der Waals surface area contributed by atoms with Crippen molar-refractivity contribution in [2.45, 2.75) is 13.3 Å². The summed E-state index contributed by atoms with van der Waals surface area (Å²) in [5.74, 6) is -3.56. The van der Waals surface area contributed by atoms with Crippen LogP contribution in [0.1, 0.15) is 18.1 Å². The Morgan fingerprint density at radius 2 is 1.78 bits per heavy atom. The maximum absolute atomic E-state index is 14.1. The number of carbonyl (C=O) groups is 1. The monoisotopic (exact) mass is 378 g/mol. The van der Waals surface area contributed by atoms with Gasteiger partial charge in [-0.15, -0.1) is 0 Å². The summed E-state index contributed by atoms with van der Waals surface area (Å²) >= 11 is 0. The van der Waals surface area contributed by atoms with E-state index in [4.69, 9.17) is 10.5 Å². The lowest BCUT2D eigenvalue weighted by Gasteiger charge is -2.06. The van der Waals surface area contributed by atoms with Gasteiger partial charge in [-0.2, -0.15) is 0 Å². The zero-order chi connectivity index (χ0) is 20.0. The summed E-state index contributed by atoms with van der Waals surface area (Å²) in [4.78, 5) is 14.3. The van der Waals surface area contributed by atoms with Crippen LogP contribution in [-0.2, 0) is 16.0 Å². The fourth-order valence-corrected chi connectivity index (χ4v) is 2.19. The van der Waals surface area contributed by atoms with E-state index in [2.05, 4.69) is 4.99 Å². The fraction of sp³-hybridized carbons (Fsp3) is 0.158. The molecular formula is C19H17F3N2O3. The van der Waals surface area contributed by atoms with Crippen molar-refractivity contribution in [2.75, 3.05) is 6.61 Å². The van der Waals surface area contributed by atoms with E-state index in [1.165, 1.54) is 19.1 Å². The minimum absolute atomic E-state index is 0.00670. The highest BCUT2D eigenvalue weighted by molar-refractivity contribution is 5.98. The lowest BCUT2D eigenvalue weighted by atomic mass is 10.1. The van der Waals surface area contributed by atoms with Crippen molar-refractivity contribution in [2.24, 2.45) is 10.7 Å². The van der Waals surface area contributed by atoms with Crippen molar-refractivity contribution in [1.29, 1.82) is 0 Å². The molecule has 0 spiro atoms. The maximum Gasteiger partial charge on any atom is 0.302 e. The van der Waals surface area contributed by atoms with Crippen molar-refractivity contribution in [3.63, 3.8) is 0 Å². The number of halogens is 3. The Hall–Kier alpha value is -3.29. The third-order valence-electron chi connectivity index (χ3n) is 3.44. The average molecular weight is 378 g/mol. The van der Waals surface area contributed by atoms with Crippen LogP contribution in [0.3, 0.4) is 0 Å². The van der Waals surface area contributed by atoms with Crippen LogP contribution in [0.15, 0.2) is 47.5 Å². The predicted molar refractivity (Wildman–Crippen MR) is 95.0 cm³/mol. The van der Waals surface area contributed by atoms with Gasteiger partial charge in [-0.25, -0.2) is 18.2 Å². The van der Waals surface area contributed by atoms with E-state index in [1.807, 2.05) is 0 Å². The molecule has 0 bridgehead atoms.